The topological polar surface area (TPSA) is 65.5 Å². The summed E-state index contributed by atoms with van der Waals surface area (Å²) in [5, 5.41) is 11.5. The van der Waals surface area contributed by atoms with Gasteiger partial charge in [-0.3, -0.25) is 10.1 Å². The van der Waals surface area contributed by atoms with Crippen molar-refractivity contribution < 1.29 is 35.5 Å². The maximum absolute atomic E-state index is 10.7. The highest BCUT2D eigenvalue weighted by molar-refractivity contribution is 6.31. The van der Waals surface area contributed by atoms with E-state index in [0.29, 0.717) is 24.8 Å². The monoisotopic (exact) mass is 516 g/mol. The molecule has 2 rings (SSSR count). The van der Waals surface area contributed by atoms with Crippen LogP contribution in [0.25, 0.3) is 0 Å². The van der Waals surface area contributed by atoms with Crippen LogP contribution in [0.5, 0.6) is 5.75 Å². The molecule has 0 radical (unpaired) electrons. The highest BCUT2D eigenvalue weighted by Gasteiger charge is 2.20. The first-order chi connectivity index (χ1) is 14.1. The molecule has 1 heterocycles. The van der Waals surface area contributed by atoms with Crippen LogP contribution in [0.2, 0.25) is 5.02 Å². The van der Waals surface area contributed by atoms with E-state index in [9.17, 15) is 10.1 Å². The molecule has 0 atom stereocenters. The number of nitrogens with zero attached hydrogens (tertiary/aromatic N) is 2. The minimum atomic E-state index is -0.499. The molecule has 31 heavy (non-hydrogen) atoms. The van der Waals surface area contributed by atoms with Crippen molar-refractivity contribution in [3.05, 3.63) is 56.3 Å². The number of halogens is 2. The lowest BCUT2D eigenvalue weighted by molar-refractivity contribution is -0.904. The van der Waals surface area contributed by atoms with Crippen molar-refractivity contribution in [1.82, 2.24) is 0 Å². The van der Waals surface area contributed by atoms with Gasteiger partial charge in [-0.2, -0.15) is 0 Å². The summed E-state index contributed by atoms with van der Waals surface area (Å²) >= 11 is 6.26. The molecule has 0 aliphatic heterocycles. The normalized spacial score (nSPS) is 11.5. The molecule has 0 aliphatic rings. The average molecular weight is 518 g/mol. The van der Waals surface area contributed by atoms with Crippen LogP contribution in [-0.4, -0.2) is 36.7 Å². The molecule has 1 aromatic carbocycles. The van der Waals surface area contributed by atoms with Crippen LogP contribution in [0, 0.1) is 17.0 Å². The Labute approximate surface area is 201 Å². The van der Waals surface area contributed by atoms with E-state index in [2.05, 4.69) is 27.9 Å². The Bertz CT molecular complexity index is 852. The smallest absolute Gasteiger partial charge is 0.433 e. The van der Waals surface area contributed by atoms with Gasteiger partial charge in [-0.05, 0) is 67.9 Å². The zero-order chi connectivity index (χ0) is 22.3. The molecule has 2 aromatic rings. The van der Waals surface area contributed by atoms with Gasteiger partial charge in [-0.15, -0.1) is 0 Å². The van der Waals surface area contributed by atoms with Crippen molar-refractivity contribution in [3.63, 3.8) is 0 Å². The van der Waals surface area contributed by atoms with Gasteiger partial charge < -0.3 is 30.6 Å². The summed E-state index contributed by atoms with van der Waals surface area (Å²) in [5.41, 5.74) is 2.20. The average Bonchev–Trinajstić information content (AvgIpc) is 3.11. The molecular formula is C23H34BrClN2O4. The molecule has 0 N–H and O–H groups in total. The molecule has 0 aliphatic carbocycles. The quantitative estimate of drug-likeness (QED) is 0.187. The molecule has 6 nitrogen and oxygen atoms in total. The first-order valence-electron chi connectivity index (χ1n) is 10.6. The molecule has 0 unspecified atom stereocenters. The van der Waals surface area contributed by atoms with Gasteiger partial charge in [0.1, 0.15) is 17.2 Å². The molecule has 0 amide bonds. The van der Waals surface area contributed by atoms with Gasteiger partial charge in [0.15, 0.2) is 5.76 Å². The predicted octanol–water partition coefficient (Wildman–Crippen LogP) is 3.49. The Hall–Kier alpha value is -1.57. The van der Waals surface area contributed by atoms with E-state index < -0.39 is 4.92 Å². The Morgan fingerprint density at radius 1 is 1.16 bits per heavy atom. The van der Waals surface area contributed by atoms with E-state index in [1.54, 1.807) is 6.07 Å². The Morgan fingerprint density at radius 2 is 1.84 bits per heavy atom. The van der Waals surface area contributed by atoms with Crippen LogP contribution in [0.3, 0.4) is 0 Å². The molecule has 0 bridgehead atoms. The number of benzene rings is 1. The number of rotatable bonds is 12. The van der Waals surface area contributed by atoms with Crippen molar-refractivity contribution in [2.24, 2.45) is 0 Å². The third-order valence-electron chi connectivity index (χ3n) is 5.24. The number of furan rings is 1. The Morgan fingerprint density at radius 3 is 2.45 bits per heavy atom. The van der Waals surface area contributed by atoms with E-state index in [-0.39, 0.29) is 22.9 Å². The van der Waals surface area contributed by atoms with Crippen molar-refractivity contribution in [2.75, 3.05) is 27.2 Å². The lowest BCUT2D eigenvalue weighted by Gasteiger charge is -2.28. The van der Waals surface area contributed by atoms with Crippen molar-refractivity contribution in [1.29, 1.82) is 0 Å². The van der Waals surface area contributed by atoms with Crippen molar-refractivity contribution in [3.8, 4) is 5.75 Å². The van der Waals surface area contributed by atoms with Gasteiger partial charge in [0.2, 0.25) is 0 Å². The van der Waals surface area contributed by atoms with Gasteiger partial charge >= 0.3 is 5.88 Å². The van der Waals surface area contributed by atoms with Gasteiger partial charge in [0.25, 0.3) is 0 Å². The summed E-state index contributed by atoms with van der Waals surface area (Å²) in [6.07, 6.45) is 4.33. The summed E-state index contributed by atoms with van der Waals surface area (Å²) in [5.74, 6) is 1.77. The van der Waals surface area contributed by atoms with Crippen LogP contribution < -0.4 is 21.7 Å². The van der Waals surface area contributed by atoms with E-state index in [1.165, 1.54) is 6.07 Å². The second-order valence-electron chi connectivity index (χ2n) is 8.87. The molecular weight excluding hydrogens is 484 g/mol. The number of unbranched alkanes of at least 4 members (excludes halogenated alkanes) is 3. The number of hydrogen-bond donors (Lipinski definition) is 0. The molecule has 0 fully saturated rings. The minimum Gasteiger partial charge on any atom is -1.00 e. The third-order valence-corrected chi connectivity index (χ3v) is 5.65. The summed E-state index contributed by atoms with van der Waals surface area (Å²) in [7, 11) is 4.24. The summed E-state index contributed by atoms with van der Waals surface area (Å²) in [6, 6.07) is 7.17. The summed E-state index contributed by atoms with van der Waals surface area (Å²) in [6.45, 7) is 8.63. The van der Waals surface area contributed by atoms with E-state index >= 15 is 0 Å². The fraction of sp³-hybridized carbons (Fsp3) is 0.565. The summed E-state index contributed by atoms with van der Waals surface area (Å²) < 4.78 is 12.1. The van der Waals surface area contributed by atoms with E-state index in [0.717, 1.165) is 58.6 Å². The van der Waals surface area contributed by atoms with Crippen molar-refractivity contribution >= 4 is 17.5 Å². The van der Waals surface area contributed by atoms with Crippen LogP contribution in [0.15, 0.2) is 28.7 Å². The summed E-state index contributed by atoms with van der Waals surface area (Å²) in [4.78, 5) is 10.2. The third kappa shape index (κ3) is 8.83. The Balaban J connectivity index is 0.00000480. The van der Waals surface area contributed by atoms with Crippen LogP contribution in [0.4, 0.5) is 5.88 Å². The van der Waals surface area contributed by atoms with Gasteiger partial charge in [-0.25, -0.2) is 0 Å². The fourth-order valence-corrected chi connectivity index (χ4v) is 3.65. The largest absolute Gasteiger partial charge is 1.00 e. The van der Waals surface area contributed by atoms with Crippen LogP contribution in [-0.2, 0) is 6.54 Å². The van der Waals surface area contributed by atoms with E-state index in [1.807, 2.05) is 19.1 Å². The molecule has 1 aromatic heterocycles. The van der Waals surface area contributed by atoms with Crippen molar-refractivity contribution in [2.45, 2.75) is 58.9 Å². The second-order valence-corrected chi connectivity index (χ2v) is 9.28. The van der Waals surface area contributed by atoms with Gasteiger partial charge in [-0.1, -0.05) is 25.4 Å². The molecule has 0 saturated carbocycles. The first-order valence-corrected chi connectivity index (χ1v) is 10.9. The standard InChI is InChI=1S/C23H34ClN2O4.BrH/c1-17(2)20-15-21(24)18(3)14-22(20)29-13-9-7-6-8-12-26(4,5)16-19-10-11-23(30-19)25(27)28;/h10-11,14-15,17H,6-9,12-13,16H2,1-5H3;1H/q+1;/p-1. The lowest BCUT2D eigenvalue weighted by atomic mass is 10.0. The molecule has 0 saturated heterocycles. The number of ether oxygens (including phenoxy) is 1. The highest BCUT2D eigenvalue weighted by atomic mass is 79.9. The van der Waals surface area contributed by atoms with Gasteiger partial charge in [0.05, 0.1) is 33.3 Å². The maximum atomic E-state index is 10.7. The zero-order valence-corrected chi connectivity index (χ0v) is 21.5. The molecule has 174 valence electrons. The van der Waals surface area contributed by atoms with Crippen LogP contribution in [0.1, 0.15) is 62.3 Å². The number of nitro groups is 1. The predicted molar refractivity (Wildman–Crippen MR) is 120 cm³/mol. The number of quaternary nitrogens is 1. The first kappa shape index (κ1) is 27.5. The zero-order valence-electron chi connectivity index (χ0n) is 19.1. The minimum absolute atomic E-state index is 0. The SMILES string of the molecule is Cc1cc(OCCCCCC[N+](C)(C)Cc2ccc([N+](=O)[O-])o2)c(C(C)C)cc1Cl.[Br-]. The number of aryl methyl sites for hydroxylation is 1. The number of hydrogen-bond acceptors (Lipinski definition) is 4. The second kappa shape index (κ2) is 12.5. The molecule has 0 spiro atoms. The lowest BCUT2D eigenvalue weighted by Crippen LogP contribution is -3.00. The Kier molecular flexibility index (Phi) is 11.0. The van der Waals surface area contributed by atoms with Crippen LogP contribution >= 0.6 is 11.6 Å². The van der Waals surface area contributed by atoms with E-state index in [4.69, 9.17) is 20.8 Å². The highest BCUT2D eigenvalue weighted by Crippen LogP contribution is 2.32. The molecule has 8 heteroatoms. The maximum Gasteiger partial charge on any atom is 0.433 e. The fourth-order valence-electron chi connectivity index (χ4n) is 3.47. The van der Waals surface area contributed by atoms with Gasteiger partial charge in [0, 0.05) is 5.02 Å².